The number of carbonyl (C=O) groups excluding carboxylic acids is 1. The number of para-hydroxylation sites is 2. The molecule has 5 rings (SSSR count). The van der Waals surface area contributed by atoms with Gasteiger partial charge in [-0.1, -0.05) is 30.3 Å². The van der Waals surface area contributed by atoms with Crippen molar-refractivity contribution < 1.29 is 9.53 Å². The number of amides is 1. The smallest absolute Gasteiger partial charge is 0.257 e. The third kappa shape index (κ3) is 4.93. The lowest BCUT2D eigenvalue weighted by molar-refractivity contribution is 0.0716. The molecule has 5 nitrogen and oxygen atoms in total. The molecule has 0 spiro atoms. The molecule has 5 heteroatoms. The van der Waals surface area contributed by atoms with E-state index in [9.17, 15) is 4.79 Å². The summed E-state index contributed by atoms with van der Waals surface area (Å²) in [7, 11) is 2.13. The molecule has 3 heterocycles. The zero-order valence-corrected chi connectivity index (χ0v) is 19.7. The van der Waals surface area contributed by atoms with Crippen LogP contribution in [0.4, 0.5) is 0 Å². The second kappa shape index (κ2) is 10.0. The molecule has 2 aromatic carbocycles. The number of carbonyl (C=O) groups is 1. The Kier molecular flexibility index (Phi) is 6.68. The molecule has 0 radical (unpaired) electrons. The van der Waals surface area contributed by atoms with E-state index in [4.69, 9.17) is 4.74 Å². The molecule has 1 amide bonds. The highest BCUT2D eigenvalue weighted by Crippen LogP contribution is 2.27. The molecule has 0 N–H and O–H groups in total. The van der Waals surface area contributed by atoms with Gasteiger partial charge in [0.05, 0.1) is 12.2 Å². The summed E-state index contributed by atoms with van der Waals surface area (Å²) in [6.07, 6.45) is 8.06. The van der Waals surface area contributed by atoms with Gasteiger partial charge in [0.2, 0.25) is 0 Å². The Balaban J connectivity index is 1.21. The number of nitrogens with zero attached hydrogens (tertiary/aromatic N) is 3. The van der Waals surface area contributed by atoms with Crippen molar-refractivity contribution in [3.05, 3.63) is 65.9 Å². The maximum atomic E-state index is 13.1. The molecule has 0 saturated carbocycles. The van der Waals surface area contributed by atoms with E-state index in [-0.39, 0.29) is 5.91 Å². The van der Waals surface area contributed by atoms with E-state index in [1.165, 1.54) is 35.7 Å². The summed E-state index contributed by atoms with van der Waals surface area (Å²) in [5.74, 6) is 1.33. The molecule has 1 aromatic heterocycles. The normalized spacial score (nSPS) is 19.7. The van der Waals surface area contributed by atoms with Crippen molar-refractivity contribution >= 4 is 16.8 Å². The molecule has 0 bridgehead atoms. The van der Waals surface area contributed by atoms with Gasteiger partial charge >= 0.3 is 0 Å². The summed E-state index contributed by atoms with van der Waals surface area (Å²) in [5.41, 5.74) is 3.40. The van der Waals surface area contributed by atoms with E-state index in [1.807, 2.05) is 29.2 Å². The van der Waals surface area contributed by atoms with Gasteiger partial charge in [-0.2, -0.15) is 0 Å². The van der Waals surface area contributed by atoms with E-state index in [0.717, 1.165) is 51.3 Å². The van der Waals surface area contributed by atoms with Crippen LogP contribution in [0.2, 0.25) is 0 Å². The van der Waals surface area contributed by atoms with Crippen LogP contribution in [-0.2, 0) is 13.6 Å². The fourth-order valence-corrected chi connectivity index (χ4v) is 5.47. The minimum absolute atomic E-state index is 0.117. The molecule has 2 saturated heterocycles. The number of aryl methyl sites for hydroxylation is 1. The van der Waals surface area contributed by atoms with Crippen LogP contribution in [0.3, 0.4) is 0 Å². The Labute approximate surface area is 196 Å². The average molecular weight is 446 g/mol. The first-order chi connectivity index (χ1) is 16.2. The van der Waals surface area contributed by atoms with Gasteiger partial charge in [-0.05, 0) is 62.4 Å². The quantitative estimate of drug-likeness (QED) is 0.530. The summed E-state index contributed by atoms with van der Waals surface area (Å²) in [5, 5.41) is 1.35. The van der Waals surface area contributed by atoms with Crippen LogP contribution >= 0.6 is 0 Å². The van der Waals surface area contributed by atoms with Crippen LogP contribution in [-0.4, -0.2) is 53.1 Å². The summed E-state index contributed by atoms with van der Waals surface area (Å²) >= 11 is 0. The first-order valence-corrected chi connectivity index (χ1v) is 12.5. The zero-order chi connectivity index (χ0) is 22.6. The number of ether oxygens (including phenoxy) is 1. The number of rotatable bonds is 6. The lowest BCUT2D eigenvalue weighted by Crippen LogP contribution is -2.37. The summed E-state index contributed by atoms with van der Waals surface area (Å²) < 4.78 is 8.51. The molecule has 0 aliphatic carbocycles. The molecule has 174 valence electrons. The second-order valence-electron chi connectivity index (χ2n) is 9.69. The molecule has 3 aromatic rings. The fraction of sp³-hybridized carbons (Fsp3) is 0.464. The highest BCUT2D eigenvalue weighted by molar-refractivity contribution is 5.97. The highest BCUT2D eigenvalue weighted by Gasteiger charge is 2.24. The van der Waals surface area contributed by atoms with Crippen LogP contribution in [0, 0.1) is 5.92 Å². The van der Waals surface area contributed by atoms with Gasteiger partial charge in [0, 0.05) is 56.2 Å². The van der Waals surface area contributed by atoms with Crippen molar-refractivity contribution in [2.24, 2.45) is 13.0 Å². The number of benzene rings is 2. The van der Waals surface area contributed by atoms with E-state index in [0.29, 0.717) is 18.1 Å². The van der Waals surface area contributed by atoms with Crippen molar-refractivity contribution in [2.45, 2.75) is 38.6 Å². The molecular weight excluding hydrogens is 410 g/mol. The minimum atomic E-state index is 0.117. The van der Waals surface area contributed by atoms with Gasteiger partial charge in [0.15, 0.2) is 0 Å². The van der Waals surface area contributed by atoms with Crippen LogP contribution in [0.25, 0.3) is 10.9 Å². The maximum absolute atomic E-state index is 13.1. The zero-order valence-electron chi connectivity index (χ0n) is 19.7. The lowest BCUT2D eigenvalue weighted by Gasteiger charge is -2.33. The van der Waals surface area contributed by atoms with Gasteiger partial charge in [0.25, 0.3) is 5.91 Å². The number of fused-ring (bicyclic) bond motifs is 1. The lowest BCUT2D eigenvalue weighted by atomic mass is 9.98. The fourth-order valence-electron chi connectivity index (χ4n) is 5.47. The number of hydrogen-bond donors (Lipinski definition) is 0. The van der Waals surface area contributed by atoms with E-state index < -0.39 is 0 Å². The van der Waals surface area contributed by atoms with Crippen molar-refractivity contribution in [3.63, 3.8) is 0 Å². The van der Waals surface area contributed by atoms with Crippen LogP contribution < -0.4 is 4.74 Å². The molecule has 1 unspecified atom stereocenters. The van der Waals surface area contributed by atoms with E-state index in [1.54, 1.807) is 0 Å². The van der Waals surface area contributed by atoms with Crippen LogP contribution in [0.15, 0.2) is 54.7 Å². The van der Waals surface area contributed by atoms with Gasteiger partial charge in [-0.15, -0.1) is 0 Å². The largest absolute Gasteiger partial charge is 0.492 e. The summed E-state index contributed by atoms with van der Waals surface area (Å²) in [6, 6.07) is 16.4. The first kappa shape index (κ1) is 22.0. The van der Waals surface area contributed by atoms with Crippen LogP contribution in [0.1, 0.15) is 48.0 Å². The second-order valence-corrected chi connectivity index (χ2v) is 9.69. The molecule has 2 fully saturated rings. The maximum Gasteiger partial charge on any atom is 0.257 e. The van der Waals surface area contributed by atoms with Crippen LogP contribution in [0.5, 0.6) is 5.75 Å². The molecular formula is C28H35N3O2. The third-order valence-electron chi connectivity index (χ3n) is 7.21. The Bertz CT molecular complexity index is 1100. The molecule has 2 aliphatic heterocycles. The monoisotopic (exact) mass is 445 g/mol. The van der Waals surface area contributed by atoms with E-state index >= 15 is 0 Å². The van der Waals surface area contributed by atoms with Gasteiger partial charge < -0.3 is 14.2 Å². The Morgan fingerprint density at radius 2 is 1.76 bits per heavy atom. The SMILES string of the molecule is Cn1cc(CN2CCCC(COc3ccccc3C(=O)N3CCCCC3)C2)c2ccccc21. The number of piperidine rings is 2. The topological polar surface area (TPSA) is 37.7 Å². The van der Waals surface area contributed by atoms with Crippen molar-refractivity contribution in [1.82, 2.24) is 14.4 Å². The Morgan fingerprint density at radius 3 is 2.64 bits per heavy atom. The Morgan fingerprint density at radius 1 is 0.970 bits per heavy atom. The highest BCUT2D eigenvalue weighted by atomic mass is 16.5. The third-order valence-corrected chi connectivity index (χ3v) is 7.21. The van der Waals surface area contributed by atoms with Gasteiger partial charge in [-0.3, -0.25) is 9.69 Å². The Hall–Kier alpha value is -2.79. The standard InChI is InChI=1S/C28H35N3O2/c1-29-19-23(24-11-3-5-13-26(24)29)20-30-15-9-10-22(18-30)21-33-27-14-6-4-12-25(27)28(32)31-16-7-2-8-17-31/h3-6,11-14,19,22H,2,7-10,15-18,20-21H2,1H3. The number of likely N-dealkylation sites (tertiary alicyclic amines) is 2. The van der Waals surface area contributed by atoms with Crippen molar-refractivity contribution in [3.8, 4) is 5.75 Å². The molecule has 33 heavy (non-hydrogen) atoms. The predicted octanol–water partition coefficient (Wildman–Crippen LogP) is 5.10. The first-order valence-electron chi connectivity index (χ1n) is 12.5. The summed E-state index contributed by atoms with van der Waals surface area (Å²) in [6.45, 7) is 5.52. The predicted molar refractivity (Wildman–Crippen MR) is 133 cm³/mol. The minimum Gasteiger partial charge on any atom is -0.492 e. The van der Waals surface area contributed by atoms with Gasteiger partial charge in [-0.25, -0.2) is 0 Å². The molecule has 1 atom stereocenters. The van der Waals surface area contributed by atoms with Crippen molar-refractivity contribution in [2.75, 3.05) is 32.8 Å². The van der Waals surface area contributed by atoms with E-state index in [2.05, 4.69) is 47.0 Å². The summed E-state index contributed by atoms with van der Waals surface area (Å²) in [4.78, 5) is 17.6. The van der Waals surface area contributed by atoms with Crippen molar-refractivity contribution in [1.29, 1.82) is 0 Å². The average Bonchev–Trinajstić information content (AvgIpc) is 3.18. The molecule has 2 aliphatic rings. The van der Waals surface area contributed by atoms with Gasteiger partial charge in [0.1, 0.15) is 5.75 Å². The number of hydrogen-bond acceptors (Lipinski definition) is 3. The number of aromatic nitrogens is 1.